The number of aromatic nitrogens is 6. The summed E-state index contributed by atoms with van der Waals surface area (Å²) in [5, 5.41) is 19.3. The monoisotopic (exact) mass is 377 g/mol. The lowest BCUT2D eigenvalue weighted by atomic mass is 10.2. The second-order valence-electron chi connectivity index (χ2n) is 6.77. The van der Waals surface area contributed by atoms with Gasteiger partial charge in [0.1, 0.15) is 5.82 Å². The van der Waals surface area contributed by atoms with Crippen LogP contribution in [-0.2, 0) is 20.1 Å². The number of rotatable bonds is 4. The van der Waals surface area contributed by atoms with Crippen LogP contribution in [-0.4, -0.2) is 41.1 Å². The molecule has 9 nitrogen and oxygen atoms in total. The first kappa shape index (κ1) is 16.7. The zero-order valence-electron chi connectivity index (χ0n) is 15.3. The van der Waals surface area contributed by atoms with E-state index in [1.54, 1.807) is 17.0 Å². The third kappa shape index (κ3) is 2.85. The molecule has 0 saturated carbocycles. The van der Waals surface area contributed by atoms with E-state index in [1.807, 2.05) is 53.0 Å². The Kier molecular flexibility index (Phi) is 3.94. The predicted molar refractivity (Wildman–Crippen MR) is 100 cm³/mol. The number of hydrogen-bond acceptors (Lipinski definition) is 7. The van der Waals surface area contributed by atoms with Crippen LogP contribution in [0.4, 0.5) is 5.95 Å². The second-order valence-corrected chi connectivity index (χ2v) is 6.77. The molecule has 1 aromatic carbocycles. The standard InChI is InChI=1S/C19H19N7O2/c1-24-8-7-20-17(24)16(27)15-11-14-12-25(9-10-26(14)22-15)19-21-18(28-23-19)13-5-3-2-4-6-13/h2-8,11,16,27H,9-10,12H2,1H3/t16-/m0/s1. The van der Waals surface area contributed by atoms with Gasteiger partial charge >= 0.3 is 0 Å². The summed E-state index contributed by atoms with van der Waals surface area (Å²) in [5.74, 6) is 1.62. The van der Waals surface area contributed by atoms with Crippen molar-refractivity contribution >= 4 is 5.95 Å². The second kappa shape index (κ2) is 6.61. The quantitative estimate of drug-likeness (QED) is 0.579. The minimum Gasteiger partial charge on any atom is -0.379 e. The van der Waals surface area contributed by atoms with Gasteiger partial charge in [0.05, 0.1) is 24.5 Å². The molecule has 1 aliphatic rings. The summed E-state index contributed by atoms with van der Waals surface area (Å²) in [6.07, 6.45) is 2.61. The minimum absolute atomic E-state index is 0.501. The Bertz CT molecular complexity index is 1100. The van der Waals surface area contributed by atoms with Crippen molar-refractivity contribution in [3.63, 3.8) is 0 Å². The first-order valence-electron chi connectivity index (χ1n) is 9.05. The Hall–Kier alpha value is -3.46. The van der Waals surface area contributed by atoms with Crippen LogP contribution in [0.2, 0.25) is 0 Å². The SMILES string of the molecule is Cn1ccnc1[C@@H](O)c1cc2n(n1)CCN(c1noc(-c3ccccc3)n1)C2. The number of aliphatic hydroxyl groups excluding tert-OH is 1. The lowest BCUT2D eigenvalue weighted by Crippen LogP contribution is -2.34. The van der Waals surface area contributed by atoms with Crippen LogP contribution in [0.25, 0.3) is 11.5 Å². The lowest BCUT2D eigenvalue weighted by Gasteiger charge is -2.25. The first-order chi connectivity index (χ1) is 13.7. The third-order valence-electron chi connectivity index (χ3n) is 4.92. The van der Waals surface area contributed by atoms with Gasteiger partial charge in [-0.05, 0) is 23.4 Å². The Balaban J connectivity index is 1.37. The minimum atomic E-state index is -0.860. The largest absolute Gasteiger partial charge is 0.379 e. The molecule has 142 valence electrons. The van der Waals surface area contributed by atoms with Crippen LogP contribution in [0.1, 0.15) is 23.3 Å². The average molecular weight is 377 g/mol. The van der Waals surface area contributed by atoms with E-state index in [9.17, 15) is 5.11 Å². The van der Waals surface area contributed by atoms with Gasteiger partial charge in [-0.25, -0.2) is 4.98 Å². The fraction of sp³-hybridized carbons (Fsp3) is 0.263. The molecule has 1 N–H and O–H groups in total. The molecule has 0 fully saturated rings. The number of hydrogen-bond donors (Lipinski definition) is 1. The fourth-order valence-corrected chi connectivity index (χ4v) is 3.41. The van der Waals surface area contributed by atoms with E-state index in [2.05, 4.69) is 20.2 Å². The van der Waals surface area contributed by atoms with Crippen LogP contribution < -0.4 is 4.90 Å². The van der Waals surface area contributed by atoms with E-state index in [-0.39, 0.29) is 0 Å². The summed E-state index contributed by atoms with van der Waals surface area (Å²) >= 11 is 0. The summed E-state index contributed by atoms with van der Waals surface area (Å²) < 4.78 is 9.13. The van der Waals surface area contributed by atoms with Gasteiger partial charge in [0.15, 0.2) is 6.10 Å². The van der Waals surface area contributed by atoms with Crippen molar-refractivity contribution in [2.75, 3.05) is 11.4 Å². The highest BCUT2D eigenvalue weighted by molar-refractivity contribution is 5.54. The van der Waals surface area contributed by atoms with Crippen LogP contribution in [0.3, 0.4) is 0 Å². The van der Waals surface area contributed by atoms with Gasteiger partial charge < -0.3 is 19.1 Å². The van der Waals surface area contributed by atoms with Crippen molar-refractivity contribution in [3.05, 3.63) is 66.0 Å². The van der Waals surface area contributed by atoms with Gasteiger partial charge in [0, 0.05) is 31.5 Å². The maximum atomic E-state index is 10.6. The molecule has 0 spiro atoms. The highest BCUT2D eigenvalue weighted by atomic mass is 16.5. The van der Waals surface area contributed by atoms with E-state index >= 15 is 0 Å². The van der Waals surface area contributed by atoms with Crippen molar-refractivity contribution in [1.29, 1.82) is 0 Å². The Labute approximate surface area is 160 Å². The van der Waals surface area contributed by atoms with Gasteiger partial charge in [-0.15, -0.1) is 0 Å². The summed E-state index contributed by atoms with van der Waals surface area (Å²) in [7, 11) is 1.85. The molecule has 0 unspecified atom stereocenters. The van der Waals surface area contributed by atoms with E-state index in [0.29, 0.717) is 43.0 Å². The number of anilines is 1. The molecule has 4 heterocycles. The summed E-state index contributed by atoms with van der Waals surface area (Å²) in [6.45, 7) is 1.98. The highest BCUT2D eigenvalue weighted by Crippen LogP contribution is 2.25. The lowest BCUT2D eigenvalue weighted by molar-refractivity contribution is 0.200. The molecule has 3 aromatic heterocycles. The molecule has 4 aromatic rings. The molecule has 5 rings (SSSR count). The topological polar surface area (TPSA) is 98.0 Å². The van der Waals surface area contributed by atoms with Gasteiger partial charge in [-0.1, -0.05) is 18.2 Å². The normalized spacial score (nSPS) is 14.9. The van der Waals surface area contributed by atoms with Crippen LogP contribution in [0.15, 0.2) is 53.3 Å². The molecule has 0 saturated heterocycles. The van der Waals surface area contributed by atoms with Crippen molar-refractivity contribution in [2.45, 2.75) is 19.2 Å². The maximum absolute atomic E-state index is 10.6. The number of imidazole rings is 1. The molecule has 0 radical (unpaired) electrons. The molecular weight excluding hydrogens is 358 g/mol. The number of aliphatic hydroxyl groups is 1. The smallest absolute Gasteiger partial charge is 0.266 e. The Morgan fingerprint density at radius 3 is 2.82 bits per heavy atom. The third-order valence-corrected chi connectivity index (χ3v) is 4.92. The van der Waals surface area contributed by atoms with Crippen LogP contribution >= 0.6 is 0 Å². The van der Waals surface area contributed by atoms with Crippen molar-refractivity contribution in [3.8, 4) is 11.5 Å². The van der Waals surface area contributed by atoms with Crippen LogP contribution in [0, 0.1) is 0 Å². The molecular formula is C19H19N7O2. The van der Waals surface area contributed by atoms with Crippen molar-refractivity contribution < 1.29 is 9.63 Å². The molecule has 1 atom stereocenters. The Morgan fingerprint density at radius 1 is 1.18 bits per heavy atom. The van der Waals surface area contributed by atoms with E-state index in [1.165, 1.54) is 0 Å². The molecule has 1 aliphatic heterocycles. The number of nitrogens with zero attached hydrogens (tertiary/aromatic N) is 7. The molecule has 9 heteroatoms. The zero-order chi connectivity index (χ0) is 19.1. The van der Waals surface area contributed by atoms with Gasteiger partial charge in [-0.3, -0.25) is 4.68 Å². The van der Waals surface area contributed by atoms with Gasteiger partial charge in [0.25, 0.3) is 11.8 Å². The Morgan fingerprint density at radius 2 is 2.04 bits per heavy atom. The van der Waals surface area contributed by atoms with E-state index < -0.39 is 6.10 Å². The van der Waals surface area contributed by atoms with Gasteiger partial charge in [-0.2, -0.15) is 10.1 Å². The molecule has 28 heavy (non-hydrogen) atoms. The molecule has 0 amide bonds. The van der Waals surface area contributed by atoms with Crippen LogP contribution in [0.5, 0.6) is 0 Å². The molecule has 0 aliphatic carbocycles. The number of aryl methyl sites for hydroxylation is 1. The highest BCUT2D eigenvalue weighted by Gasteiger charge is 2.25. The van der Waals surface area contributed by atoms with Gasteiger partial charge in [0.2, 0.25) is 0 Å². The van der Waals surface area contributed by atoms with E-state index in [4.69, 9.17) is 4.52 Å². The average Bonchev–Trinajstić information content (AvgIpc) is 3.46. The first-order valence-corrected chi connectivity index (χ1v) is 9.05. The summed E-state index contributed by atoms with van der Waals surface area (Å²) in [6, 6.07) is 11.6. The zero-order valence-corrected chi connectivity index (χ0v) is 15.3. The van der Waals surface area contributed by atoms with Crippen molar-refractivity contribution in [2.24, 2.45) is 7.05 Å². The van der Waals surface area contributed by atoms with E-state index in [0.717, 1.165) is 11.3 Å². The number of benzene rings is 1. The molecule has 0 bridgehead atoms. The fourth-order valence-electron chi connectivity index (χ4n) is 3.41. The number of fused-ring (bicyclic) bond motifs is 1. The summed E-state index contributed by atoms with van der Waals surface area (Å²) in [5.41, 5.74) is 2.47. The predicted octanol–water partition coefficient (Wildman–Crippen LogP) is 1.77. The maximum Gasteiger partial charge on any atom is 0.266 e. The summed E-state index contributed by atoms with van der Waals surface area (Å²) in [4.78, 5) is 10.8. The van der Waals surface area contributed by atoms with Crippen molar-refractivity contribution in [1.82, 2.24) is 29.5 Å².